The van der Waals surface area contributed by atoms with E-state index in [2.05, 4.69) is 15.6 Å². The van der Waals surface area contributed by atoms with Gasteiger partial charge in [-0.25, -0.2) is 4.79 Å². The van der Waals surface area contributed by atoms with Crippen LogP contribution in [-0.4, -0.2) is 18.2 Å². The van der Waals surface area contributed by atoms with E-state index in [0.717, 1.165) is 0 Å². The Hall–Kier alpha value is -2.11. The van der Waals surface area contributed by atoms with Crippen LogP contribution in [0.25, 0.3) is 0 Å². The van der Waals surface area contributed by atoms with Crippen LogP contribution >= 0.6 is 0 Å². The third-order valence-electron chi connectivity index (χ3n) is 2.45. The molecule has 1 saturated heterocycles. The second kappa shape index (κ2) is 4.40. The zero-order valence-corrected chi connectivity index (χ0v) is 9.61. The van der Waals surface area contributed by atoms with Crippen LogP contribution in [0, 0.1) is 0 Å². The second-order valence-corrected chi connectivity index (χ2v) is 3.59. The van der Waals surface area contributed by atoms with Crippen molar-refractivity contribution in [1.29, 1.82) is 0 Å². The van der Waals surface area contributed by atoms with Crippen LogP contribution < -0.4 is 10.6 Å². The Labute approximate surface area is 98.1 Å². The van der Waals surface area contributed by atoms with Gasteiger partial charge in [0.2, 0.25) is 0 Å². The highest BCUT2D eigenvalue weighted by atomic mass is 16.3. The van der Waals surface area contributed by atoms with Crippen molar-refractivity contribution in [2.24, 2.45) is 4.99 Å². The summed E-state index contributed by atoms with van der Waals surface area (Å²) in [6.07, 6.45) is 2.33. The first-order chi connectivity index (χ1) is 8.15. The quantitative estimate of drug-likeness (QED) is 0.614. The molecule has 90 valence electrons. The zero-order chi connectivity index (χ0) is 12.4. The van der Waals surface area contributed by atoms with Crippen molar-refractivity contribution < 1.29 is 14.0 Å². The summed E-state index contributed by atoms with van der Waals surface area (Å²) in [6, 6.07) is 0.415. The number of aryl methyl sites for hydroxylation is 1. The number of nitrogens with zero attached hydrogens (tertiary/aromatic N) is 1. The fourth-order valence-electron chi connectivity index (χ4n) is 1.70. The van der Waals surface area contributed by atoms with Gasteiger partial charge in [-0.1, -0.05) is 6.92 Å². The van der Waals surface area contributed by atoms with Gasteiger partial charge in [-0.15, -0.1) is 0 Å². The fraction of sp³-hybridized carbons (Fsp3) is 0.364. The average molecular weight is 235 g/mol. The molecule has 1 aliphatic rings. The Balaban J connectivity index is 2.33. The molecule has 6 heteroatoms. The van der Waals surface area contributed by atoms with Crippen molar-refractivity contribution in [3.05, 3.63) is 17.6 Å². The molecule has 6 nitrogen and oxygen atoms in total. The van der Waals surface area contributed by atoms with Crippen molar-refractivity contribution in [2.45, 2.75) is 26.3 Å². The van der Waals surface area contributed by atoms with Gasteiger partial charge in [0.25, 0.3) is 5.91 Å². The third kappa shape index (κ3) is 2.06. The average Bonchev–Trinajstić information content (AvgIpc) is 2.82. The predicted octanol–water partition coefficient (Wildman–Crippen LogP) is 1.44. The Morgan fingerprint density at radius 3 is 2.82 bits per heavy atom. The lowest BCUT2D eigenvalue weighted by atomic mass is 10.2. The van der Waals surface area contributed by atoms with Crippen molar-refractivity contribution in [1.82, 2.24) is 10.6 Å². The maximum Gasteiger partial charge on any atom is 0.322 e. The summed E-state index contributed by atoms with van der Waals surface area (Å²) in [7, 11) is 0. The maximum atomic E-state index is 11.5. The van der Waals surface area contributed by atoms with E-state index in [4.69, 9.17) is 4.42 Å². The molecule has 0 spiro atoms. The number of nitrogens with one attached hydrogen (secondary N) is 2. The molecular weight excluding hydrogens is 222 g/mol. The molecule has 3 amide bonds. The summed E-state index contributed by atoms with van der Waals surface area (Å²) in [5, 5.41) is 4.64. The molecule has 2 rings (SSSR count). The van der Waals surface area contributed by atoms with Crippen LogP contribution in [0.2, 0.25) is 0 Å². The highest BCUT2D eigenvalue weighted by molar-refractivity contribution is 6.04. The van der Waals surface area contributed by atoms with Gasteiger partial charge in [-0.05, 0) is 6.92 Å². The summed E-state index contributed by atoms with van der Waals surface area (Å²) in [5.74, 6) is 0.705. The molecule has 1 aliphatic heterocycles. The molecule has 1 fully saturated rings. The Morgan fingerprint density at radius 1 is 1.53 bits per heavy atom. The first kappa shape index (κ1) is 11.4. The molecule has 1 atom stereocenters. The van der Waals surface area contributed by atoms with Gasteiger partial charge < -0.3 is 9.73 Å². The third-order valence-corrected chi connectivity index (χ3v) is 2.45. The number of hydrogen-bond acceptors (Lipinski definition) is 4. The van der Waals surface area contributed by atoms with Gasteiger partial charge in [-0.3, -0.25) is 15.1 Å². The lowest BCUT2D eigenvalue weighted by molar-refractivity contribution is -0.120. The number of aliphatic imine (C=N–C) groups is 1. The number of furan rings is 1. The van der Waals surface area contributed by atoms with E-state index in [1.54, 1.807) is 19.2 Å². The van der Waals surface area contributed by atoms with E-state index >= 15 is 0 Å². The van der Waals surface area contributed by atoms with Crippen molar-refractivity contribution in [3.63, 3.8) is 0 Å². The van der Waals surface area contributed by atoms with Gasteiger partial charge in [0, 0.05) is 18.7 Å². The van der Waals surface area contributed by atoms with E-state index < -0.39 is 18.0 Å². The first-order valence-electron chi connectivity index (χ1n) is 5.38. The normalized spacial score (nSPS) is 19.8. The summed E-state index contributed by atoms with van der Waals surface area (Å²) in [6.45, 7) is 3.74. The van der Waals surface area contributed by atoms with Gasteiger partial charge in [-0.2, -0.15) is 0 Å². The summed E-state index contributed by atoms with van der Waals surface area (Å²) in [4.78, 5) is 26.6. The molecule has 2 N–H and O–H groups in total. The van der Waals surface area contributed by atoms with Crippen LogP contribution in [0.5, 0.6) is 0 Å². The van der Waals surface area contributed by atoms with Gasteiger partial charge in [0.05, 0.1) is 0 Å². The van der Waals surface area contributed by atoms with Crippen molar-refractivity contribution >= 4 is 23.8 Å². The van der Waals surface area contributed by atoms with Crippen LogP contribution in [0.3, 0.4) is 0 Å². The van der Waals surface area contributed by atoms with Crippen LogP contribution in [0.15, 0.2) is 15.5 Å². The fourth-order valence-corrected chi connectivity index (χ4v) is 1.70. The van der Waals surface area contributed by atoms with E-state index in [9.17, 15) is 9.59 Å². The summed E-state index contributed by atoms with van der Waals surface area (Å²) in [5.41, 5.74) is 0.693. The highest BCUT2D eigenvalue weighted by Gasteiger charge is 2.34. The van der Waals surface area contributed by atoms with Gasteiger partial charge in [0.15, 0.2) is 6.04 Å². The first-order valence-corrected chi connectivity index (χ1v) is 5.38. The SMILES string of the molecule is CC=Nc1cc(C2NC(=O)NC2=O)oc1CC. The lowest BCUT2D eigenvalue weighted by Crippen LogP contribution is -2.22. The Kier molecular flexibility index (Phi) is 2.95. The minimum Gasteiger partial charge on any atom is -0.461 e. The lowest BCUT2D eigenvalue weighted by Gasteiger charge is -2.01. The molecule has 2 heterocycles. The largest absolute Gasteiger partial charge is 0.461 e. The number of imide groups is 1. The van der Waals surface area contributed by atoms with E-state index in [1.807, 2.05) is 6.92 Å². The molecule has 1 unspecified atom stereocenters. The minimum absolute atomic E-state index is 0.404. The second-order valence-electron chi connectivity index (χ2n) is 3.59. The zero-order valence-electron chi connectivity index (χ0n) is 9.61. The minimum atomic E-state index is -0.756. The molecule has 0 saturated carbocycles. The molecule has 1 aromatic heterocycles. The number of urea groups is 1. The van der Waals surface area contributed by atoms with Crippen LogP contribution in [0.1, 0.15) is 31.4 Å². The molecule has 0 radical (unpaired) electrons. The summed E-state index contributed by atoms with van der Waals surface area (Å²) < 4.78 is 5.53. The Morgan fingerprint density at radius 2 is 2.29 bits per heavy atom. The molecule has 0 bridgehead atoms. The number of amides is 3. The van der Waals surface area contributed by atoms with Crippen LogP contribution in [-0.2, 0) is 11.2 Å². The maximum absolute atomic E-state index is 11.5. The molecular formula is C11H13N3O3. The van der Waals surface area contributed by atoms with E-state index in [-0.39, 0.29) is 0 Å². The number of carbonyl (C=O) groups excluding carboxylic acids is 2. The number of rotatable bonds is 3. The smallest absolute Gasteiger partial charge is 0.322 e. The van der Waals surface area contributed by atoms with E-state index in [1.165, 1.54) is 0 Å². The summed E-state index contributed by atoms with van der Waals surface area (Å²) >= 11 is 0. The van der Waals surface area contributed by atoms with Crippen molar-refractivity contribution in [2.75, 3.05) is 0 Å². The Bertz CT molecular complexity index is 490. The van der Waals surface area contributed by atoms with Gasteiger partial charge >= 0.3 is 6.03 Å². The molecule has 0 aliphatic carbocycles. The number of carbonyl (C=O) groups is 2. The van der Waals surface area contributed by atoms with E-state index in [0.29, 0.717) is 23.6 Å². The molecule has 1 aromatic rings. The van der Waals surface area contributed by atoms with Gasteiger partial charge in [0.1, 0.15) is 17.2 Å². The monoisotopic (exact) mass is 235 g/mol. The van der Waals surface area contributed by atoms with Crippen molar-refractivity contribution in [3.8, 4) is 0 Å². The molecule has 0 aromatic carbocycles. The predicted molar refractivity (Wildman–Crippen MR) is 61.3 cm³/mol. The highest BCUT2D eigenvalue weighted by Crippen LogP contribution is 2.29. The van der Waals surface area contributed by atoms with Crippen LogP contribution in [0.4, 0.5) is 10.5 Å². The molecule has 17 heavy (non-hydrogen) atoms. The standard InChI is InChI=1S/C11H13N3O3/c1-3-7-6(12-4-2)5-8(17-7)9-10(15)14-11(16)13-9/h4-5,9H,3H2,1-2H3,(H2,13,14,15,16). The topological polar surface area (TPSA) is 83.7 Å². The number of hydrogen-bond donors (Lipinski definition) is 2.